The summed E-state index contributed by atoms with van der Waals surface area (Å²) < 4.78 is 0. The Bertz CT molecular complexity index is 420. The van der Waals surface area contributed by atoms with Gasteiger partial charge in [0.1, 0.15) is 4.88 Å². The summed E-state index contributed by atoms with van der Waals surface area (Å²) in [6, 6.07) is 0. The lowest BCUT2D eigenvalue weighted by Crippen LogP contribution is -2.29. The second kappa shape index (κ2) is 8.48. The van der Waals surface area contributed by atoms with Crippen LogP contribution in [0.4, 0.5) is 0 Å². The zero-order chi connectivity index (χ0) is 11.4. The molecule has 2 rings (SSSR count). The summed E-state index contributed by atoms with van der Waals surface area (Å²) in [7, 11) is 0. The Morgan fingerprint density at radius 1 is 1.56 bits per heavy atom. The van der Waals surface area contributed by atoms with E-state index in [0.29, 0.717) is 6.54 Å². The molecule has 0 atom stereocenters. The van der Waals surface area contributed by atoms with E-state index >= 15 is 0 Å². The molecule has 18 heavy (non-hydrogen) atoms. The number of hydrogen-bond donors (Lipinski definition) is 2. The van der Waals surface area contributed by atoms with Crippen LogP contribution in [-0.2, 0) is 0 Å². The van der Waals surface area contributed by atoms with E-state index in [4.69, 9.17) is 0 Å². The summed E-state index contributed by atoms with van der Waals surface area (Å²) in [6.07, 6.45) is 3.16. The van der Waals surface area contributed by atoms with Gasteiger partial charge in [0.15, 0.2) is 0 Å². The van der Waals surface area contributed by atoms with Crippen LogP contribution in [0.5, 0.6) is 0 Å². The number of nitrogens with one attached hydrogen (secondary N) is 2. The Balaban J connectivity index is 0.00000144. The van der Waals surface area contributed by atoms with Crippen LogP contribution < -0.4 is 10.6 Å². The molecular formula is C11H17Cl2N3OS. The first-order valence-electron chi connectivity index (χ1n) is 5.34. The van der Waals surface area contributed by atoms with Gasteiger partial charge in [0, 0.05) is 13.1 Å². The van der Waals surface area contributed by atoms with E-state index in [2.05, 4.69) is 21.7 Å². The van der Waals surface area contributed by atoms with Crippen LogP contribution >= 0.6 is 36.2 Å². The average molecular weight is 310 g/mol. The van der Waals surface area contributed by atoms with Gasteiger partial charge in [-0.1, -0.05) is 11.6 Å². The van der Waals surface area contributed by atoms with Gasteiger partial charge in [0.25, 0.3) is 5.91 Å². The van der Waals surface area contributed by atoms with Crippen molar-refractivity contribution >= 4 is 42.1 Å². The third kappa shape index (κ3) is 4.57. The Morgan fingerprint density at radius 3 is 2.89 bits per heavy atom. The summed E-state index contributed by atoms with van der Waals surface area (Å²) in [6.45, 7) is 4.42. The highest BCUT2D eigenvalue weighted by Crippen LogP contribution is 2.12. The SMILES string of the molecule is Cc1ncsc1C(=O)NCC1=CCNCC1.Cl.Cl. The van der Waals surface area contributed by atoms with Crippen LogP contribution in [0.25, 0.3) is 0 Å². The zero-order valence-electron chi connectivity index (χ0n) is 10.1. The number of aryl methyl sites for hydroxylation is 1. The van der Waals surface area contributed by atoms with Crippen molar-refractivity contribution in [1.29, 1.82) is 0 Å². The molecule has 7 heteroatoms. The van der Waals surface area contributed by atoms with E-state index in [1.54, 1.807) is 5.51 Å². The molecule has 1 aliphatic heterocycles. The normalized spacial score (nSPS) is 13.9. The molecule has 0 aromatic carbocycles. The molecule has 0 unspecified atom stereocenters. The predicted molar refractivity (Wildman–Crippen MR) is 79.2 cm³/mol. The Labute approximate surface area is 123 Å². The first-order chi connectivity index (χ1) is 7.77. The molecule has 1 aromatic rings. The maximum atomic E-state index is 11.8. The van der Waals surface area contributed by atoms with Crippen molar-refractivity contribution in [2.24, 2.45) is 0 Å². The van der Waals surface area contributed by atoms with E-state index in [1.807, 2.05) is 6.92 Å². The molecule has 2 N–H and O–H groups in total. The summed E-state index contributed by atoms with van der Waals surface area (Å²) in [5, 5.41) is 6.17. The fourth-order valence-corrected chi connectivity index (χ4v) is 2.34. The highest BCUT2D eigenvalue weighted by Gasteiger charge is 2.12. The number of amides is 1. The molecule has 0 saturated carbocycles. The summed E-state index contributed by atoms with van der Waals surface area (Å²) in [4.78, 5) is 16.6. The first kappa shape index (κ1) is 17.4. The molecule has 0 saturated heterocycles. The molecule has 1 aromatic heterocycles. The smallest absolute Gasteiger partial charge is 0.263 e. The van der Waals surface area contributed by atoms with Crippen LogP contribution in [0, 0.1) is 6.92 Å². The topological polar surface area (TPSA) is 54.0 Å². The van der Waals surface area contributed by atoms with Crippen LogP contribution in [0.15, 0.2) is 17.2 Å². The van der Waals surface area contributed by atoms with Crippen molar-refractivity contribution in [2.45, 2.75) is 13.3 Å². The second-order valence-electron chi connectivity index (χ2n) is 3.77. The van der Waals surface area contributed by atoms with Gasteiger partial charge in [0.2, 0.25) is 0 Å². The molecule has 1 amide bonds. The number of hydrogen-bond acceptors (Lipinski definition) is 4. The maximum absolute atomic E-state index is 11.8. The Morgan fingerprint density at radius 2 is 2.33 bits per heavy atom. The van der Waals surface area contributed by atoms with Gasteiger partial charge in [-0.3, -0.25) is 4.79 Å². The summed E-state index contributed by atoms with van der Waals surface area (Å²) in [5.41, 5.74) is 3.81. The summed E-state index contributed by atoms with van der Waals surface area (Å²) >= 11 is 1.39. The zero-order valence-corrected chi connectivity index (χ0v) is 12.5. The predicted octanol–water partition coefficient (Wildman–Crippen LogP) is 1.94. The van der Waals surface area contributed by atoms with E-state index < -0.39 is 0 Å². The Hall–Kier alpha value is -0.620. The minimum atomic E-state index is -0.0144. The molecule has 2 heterocycles. The van der Waals surface area contributed by atoms with Crippen molar-refractivity contribution in [2.75, 3.05) is 19.6 Å². The summed E-state index contributed by atoms with van der Waals surface area (Å²) in [5.74, 6) is -0.0144. The molecule has 0 aliphatic carbocycles. The number of rotatable bonds is 3. The van der Waals surface area contributed by atoms with Crippen molar-refractivity contribution < 1.29 is 4.79 Å². The van der Waals surface area contributed by atoms with Gasteiger partial charge >= 0.3 is 0 Å². The highest BCUT2D eigenvalue weighted by molar-refractivity contribution is 7.11. The third-order valence-electron chi connectivity index (χ3n) is 2.59. The second-order valence-corrected chi connectivity index (χ2v) is 4.62. The monoisotopic (exact) mass is 309 g/mol. The van der Waals surface area contributed by atoms with E-state index in [-0.39, 0.29) is 30.7 Å². The van der Waals surface area contributed by atoms with Crippen LogP contribution in [0.3, 0.4) is 0 Å². The van der Waals surface area contributed by atoms with Crippen molar-refractivity contribution in [3.8, 4) is 0 Å². The molecular weight excluding hydrogens is 293 g/mol. The number of nitrogens with zero attached hydrogens (tertiary/aromatic N) is 1. The van der Waals surface area contributed by atoms with E-state index in [9.17, 15) is 4.79 Å². The molecule has 0 bridgehead atoms. The van der Waals surface area contributed by atoms with Gasteiger partial charge in [-0.05, 0) is 19.9 Å². The largest absolute Gasteiger partial charge is 0.348 e. The van der Waals surface area contributed by atoms with Gasteiger partial charge in [0.05, 0.1) is 11.2 Å². The van der Waals surface area contributed by atoms with Gasteiger partial charge in [-0.25, -0.2) is 4.98 Å². The maximum Gasteiger partial charge on any atom is 0.263 e. The molecule has 0 spiro atoms. The average Bonchev–Trinajstić information content (AvgIpc) is 2.74. The molecule has 102 valence electrons. The van der Waals surface area contributed by atoms with Gasteiger partial charge in [-0.15, -0.1) is 36.2 Å². The molecule has 0 fully saturated rings. The number of aromatic nitrogens is 1. The number of carbonyl (C=O) groups excluding carboxylic acids is 1. The van der Waals surface area contributed by atoms with Gasteiger partial charge in [-0.2, -0.15) is 0 Å². The fourth-order valence-electron chi connectivity index (χ4n) is 1.62. The van der Waals surface area contributed by atoms with Crippen LogP contribution in [0.1, 0.15) is 21.8 Å². The number of halogens is 2. The minimum Gasteiger partial charge on any atom is -0.348 e. The van der Waals surface area contributed by atoms with E-state index in [1.165, 1.54) is 16.9 Å². The highest BCUT2D eigenvalue weighted by atomic mass is 35.5. The van der Waals surface area contributed by atoms with Crippen molar-refractivity contribution in [3.05, 3.63) is 27.7 Å². The third-order valence-corrected chi connectivity index (χ3v) is 3.51. The van der Waals surface area contributed by atoms with Gasteiger partial charge < -0.3 is 10.6 Å². The van der Waals surface area contributed by atoms with Crippen LogP contribution in [0.2, 0.25) is 0 Å². The number of carbonyl (C=O) groups is 1. The van der Waals surface area contributed by atoms with Crippen molar-refractivity contribution in [3.63, 3.8) is 0 Å². The minimum absolute atomic E-state index is 0. The lowest BCUT2D eigenvalue weighted by molar-refractivity contribution is 0.0960. The molecule has 1 aliphatic rings. The lowest BCUT2D eigenvalue weighted by atomic mass is 10.1. The standard InChI is InChI=1S/C11H15N3OS.2ClH/c1-8-10(16-7-14-8)11(15)13-6-9-2-4-12-5-3-9;;/h2,7,12H,3-6H2,1H3,(H,13,15);2*1H. The van der Waals surface area contributed by atoms with E-state index in [0.717, 1.165) is 30.1 Å². The quantitative estimate of drug-likeness (QED) is 0.839. The number of thiazole rings is 1. The molecule has 0 radical (unpaired) electrons. The van der Waals surface area contributed by atoms with Crippen LogP contribution in [-0.4, -0.2) is 30.5 Å². The lowest BCUT2D eigenvalue weighted by Gasteiger charge is -2.14. The Kier molecular flexibility index (Phi) is 8.18. The van der Waals surface area contributed by atoms with Crippen molar-refractivity contribution in [1.82, 2.24) is 15.6 Å². The first-order valence-corrected chi connectivity index (χ1v) is 6.22. The molecule has 4 nitrogen and oxygen atoms in total. The fraction of sp³-hybridized carbons (Fsp3) is 0.455.